The lowest BCUT2D eigenvalue weighted by molar-refractivity contribution is 0.841. The molecule has 3 heteroatoms. The second-order valence-corrected chi connectivity index (χ2v) is 6.64. The van der Waals surface area contributed by atoms with Gasteiger partial charge in [-0.2, -0.15) is 0 Å². The van der Waals surface area contributed by atoms with Gasteiger partial charge in [0.25, 0.3) is 0 Å². The van der Waals surface area contributed by atoms with Crippen LogP contribution in [0.1, 0.15) is 17.8 Å². The van der Waals surface area contributed by atoms with Crippen molar-refractivity contribution >= 4 is 37.4 Å². The van der Waals surface area contributed by atoms with Crippen LogP contribution >= 0.6 is 27.3 Å². The smallest absolute Gasteiger partial charge is 0.0367 e. The molecule has 1 unspecified atom stereocenters. The molecule has 0 aliphatic heterocycles. The minimum absolute atomic E-state index is 0.0476. The summed E-state index contributed by atoms with van der Waals surface area (Å²) in [5.74, 6) is 0. The van der Waals surface area contributed by atoms with E-state index in [0.717, 1.165) is 4.47 Å². The standard InChI is InChI=1S/C16H14BrNS/c1-10(18)16-15(11-5-3-2-4-6-11)13-9-12(17)7-8-14(13)19-16/h2-10H,18H2,1H3. The first kappa shape index (κ1) is 12.9. The molecule has 1 aromatic heterocycles. The highest BCUT2D eigenvalue weighted by Crippen LogP contribution is 2.42. The third-order valence-corrected chi connectivity index (χ3v) is 5.02. The highest BCUT2D eigenvalue weighted by Gasteiger charge is 2.16. The van der Waals surface area contributed by atoms with Gasteiger partial charge in [0.05, 0.1) is 0 Å². The number of hydrogen-bond acceptors (Lipinski definition) is 2. The number of hydrogen-bond donors (Lipinski definition) is 1. The van der Waals surface area contributed by atoms with Crippen LogP contribution in [0.15, 0.2) is 53.0 Å². The predicted octanol–water partition coefficient (Wildman–Crippen LogP) is 5.35. The van der Waals surface area contributed by atoms with Gasteiger partial charge in [-0.3, -0.25) is 0 Å². The molecule has 2 aromatic carbocycles. The van der Waals surface area contributed by atoms with Crippen molar-refractivity contribution in [2.45, 2.75) is 13.0 Å². The SMILES string of the molecule is CC(N)c1sc2ccc(Br)cc2c1-c1ccccc1. The van der Waals surface area contributed by atoms with Crippen LogP contribution in [-0.4, -0.2) is 0 Å². The van der Waals surface area contributed by atoms with Crippen molar-refractivity contribution in [3.05, 3.63) is 57.9 Å². The Morgan fingerprint density at radius 3 is 2.53 bits per heavy atom. The van der Waals surface area contributed by atoms with E-state index in [1.165, 1.54) is 26.1 Å². The molecule has 0 spiro atoms. The van der Waals surface area contributed by atoms with E-state index < -0.39 is 0 Å². The zero-order chi connectivity index (χ0) is 13.4. The molecule has 3 rings (SSSR count). The molecule has 19 heavy (non-hydrogen) atoms. The third-order valence-electron chi connectivity index (χ3n) is 3.15. The van der Waals surface area contributed by atoms with Gasteiger partial charge in [0.2, 0.25) is 0 Å². The van der Waals surface area contributed by atoms with E-state index in [4.69, 9.17) is 5.73 Å². The maximum absolute atomic E-state index is 6.15. The summed E-state index contributed by atoms with van der Waals surface area (Å²) in [6, 6.07) is 16.9. The maximum Gasteiger partial charge on any atom is 0.0367 e. The zero-order valence-electron chi connectivity index (χ0n) is 10.6. The number of nitrogens with two attached hydrogens (primary N) is 1. The minimum atomic E-state index is 0.0476. The van der Waals surface area contributed by atoms with Crippen molar-refractivity contribution in [3.63, 3.8) is 0 Å². The van der Waals surface area contributed by atoms with Crippen LogP contribution in [-0.2, 0) is 0 Å². The highest BCUT2D eigenvalue weighted by molar-refractivity contribution is 9.10. The summed E-state index contributed by atoms with van der Waals surface area (Å²) in [5.41, 5.74) is 8.66. The summed E-state index contributed by atoms with van der Waals surface area (Å²) >= 11 is 5.35. The summed E-state index contributed by atoms with van der Waals surface area (Å²) < 4.78 is 2.39. The van der Waals surface area contributed by atoms with Gasteiger partial charge in [-0.15, -0.1) is 11.3 Å². The number of rotatable bonds is 2. The molecule has 2 N–H and O–H groups in total. The van der Waals surface area contributed by atoms with Crippen molar-refractivity contribution in [1.29, 1.82) is 0 Å². The van der Waals surface area contributed by atoms with Crippen LogP contribution < -0.4 is 5.73 Å². The van der Waals surface area contributed by atoms with Gasteiger partial charge >= 0.3 is 0 Å². The van der Waals surface area contributed by atoms with Gasteiger partial charge in [-0.25, -0.2) is 0 Å². The largest absolute Gasteiger partial charge is 0.323 e. The Labute approximate surface area is 125 Å². The second kappa shape index (κ2) is 5.08. The van der Waals surface area contributed by atoms with E-state index in [-0.39, 0.29) is 6.04 Å². The highest BCUT2D eigenvalue weighted by atomic mass is 79.9. The average Bonchev–Trinajstić information content (AvgIpc) is 2.78. The van der Waals surface area contributed by atoms with Crippen LogP contribution in [0.4, 0.5) is 0 Å². The van der Waals surface area contributed by atoms with Gasteiger partial charge in [-0.1, -0.05) is 46.3 Å². The van der Waals surface area contributed by atoms with E-state index in [1.807, 2.05) is 13.0 Å². The van der Waals surface area contributed by atoms with Crippen molar-refractivity contribution in [3.8, 4) is 11.1 Å². The fourth-order valence-electron chi connectivity index (χ4n) is 2.31. The minimum Gasteiger partial charge on any atom is -0.323 e. The molecule has 0 amide bonds. The molecule has 1 nitrogen and oxygen atoms in total. The lowest BCUT2D eigenvalue weighted by Crippen LogP contribution is -2.03. The Morgan fingerprint density at radius 2 is 1.84 bits per heavy atom. The van der Waals surface area contributed by atoms with Crippen molar-refractivity contribution < 1.29 is 0 Å². The van der Waals surface area contributed by atoms with Crippen LogP contribution in [0.25, 0.3) is 21.2 Å². The molecule has 0 saturated carbocycles. The first-order valence-electron chi connectivity index (χ1n) is 6.20. The van der Waals surface area contributed by atoms with Gasteiger partial charge in [0, 0.05) is 31.0 Å². The lowest BCUT2D eigenvalue weighted by atomic mass is 10.00. The van der Waals surface area contributed by atoms with Crippen molar-refractivity contribution in [2.75, 3.05) is 0 Å². The summed E-state index contributed by atoms with van der Waals surface area (Å²) in [5, 5.41) is 1.28. The van der Waals surface area contributed by atoms with Crippen LogP contribution in [0.2, 0.25) is 0 Å². The van der Waals surface area contributed by atoms with Gasteiger partial charge in [-0.05, 0) is 30.7 Å². The van der Waals surface area contributed by atoms with Crippen LogP contribution in [0, 0.1) is 0 Å². The molecule has 1 atom stereocenters. The Bertz CT molecular complexity index is 716. The average molecular weight is 332 g/mol. The van der Waals surface area contributed by atoms with E-state index in [1.54, 1.807) is 11.3 Å². The number of halogens is 1. The summed E-state index contributed by atoms with van der Waals surface area (Å²) in [7, 11) is 0. The second-order valence-electron chi connectivity index (χ2n) is 4.64. The number of thiophene rings is 1. The summed E-state index contributed by atoms with van der Waals surface area (Å²) in [4.78, 5) is 1.25. The van der Waals surface area contributed by atoms with E-state index in [9.17, 15) is 0 Å². The lowest BCUT2D eigenvalue weighted by Gasteiger charge is -2.08. The molecular weight excluding hydrogens is 318 g/mol. The number of fused-ring (bicyclic) bond motifs is 1. The molecule has 0 aliphatic rings. The molecule has 3 aromatic rings. The van der Waals surface area contributed by atoms with Crippen molar-refractivity contribution in [1.82, 2.24) is 0 Å². The van der Waals surface area contributed by atoms with E-state index >= 15 is 0 Å². The summed E-state index contributed by atoms with van der Waals surface area (Å²) in [6.07, 6.45) is 0. The molecule has 0 bridgehead atoms. The normalized spacial score (nSPS) is 12.8. The third kappa shape index (κ3) is 2.34. The fraction of sp³-hybridized carbons (Fsp3) is 0.125. The van der Waals surface area contributed by atoms with Gasteiger partial charge in [0.15, 0.2) is 0 Å². The summed E-state index contributed by atoms with van der Waals surface area (Å²) in [6.45, 7) is 2.05. The number of benzene rings is 2. The monoisotopic (exact) mass is 331 g/mol. The Morgan fingerprint density at radius 1 is 1.11 bits per heavy atom. The fourth-order valence-corrected chi connectivity index (χ4v) is 3.83. The molecule has 96 valence electrons. The van der Waals surface area contributed by atoms with Crippen LogP contribution in [0.5, 0.6) is 0 Å². The maximum atomic E-state index is 6.15. The predicted molar refractivity (Wildman–Crippen MR) is 87.6 cm³/mol. The molecule has 1 heterocycles. The van der Waals surface area contributed by atoms with E-state index in [0.29, 0.717) is 0 Å². The molecular formula is C16H14BrNS. The molecule has 0 saturated heterocycles. The topological polar surface area (TPSA) is 26.0 Å². The zero-order valence-corrected chi connectivity index (χ0v) is 13.0. The van der Waals surface area contributed by atoms with Gasteiger partial charge < -0.3 is 5.73 Å². The first-order valence-corrected chi connectivity index (χ1v) is 7.80. The van der Waals surface area contributed by atoms with Crippen molar-refractivity contribution in [2.24, 2.45) is 5.73 Å². The molecule has 0 radical (unpaired) electrons. The van der Waals surface area contributed by atoms with Crippen LogP contribution in [0.3, 0.4) is 0 Å². The first-order chi connectivity index (χ1) is 9.16. The Hall–Kier alpha value is -1.16. The molecule has 0 fully saturated rings. The Balaban J connectivity index is 2.36. The van der Waals surface area contributed by atoms with E-state index in [2.05, 4.69) is 58.4 Å². The molecule has 0 aliphatic carbocycles. The quantitative estimate of drug-likeness (QED) is 0.672. The Kier molecular flexibility index (Phi) is 3.44. The van der Waals surface area contributed by atoms with Gasteiger partial charge in [0.1, 0.15) is 0 Å².